The van der Waals surface area contributed by atoms with Crippen LogP contribution < -0.4 is 0 Å². The third-order valence-electron chi connectivity index (χ3n) is 23.2. The molecule has 22 rings (SSSR count). The fraction of sp³-hybridized carbons (Fsp3) is 0.0297. The van der Waals surface area contributed by atoms with Crippen LogP contribution >= 0.6 is 0 Å². The molecule has 0 saturated carbocycles. The lowest BCUT2D eigenvalue weighted by atomic mass is 9.81. The molecular formula is C101H62N6O. The number of para-hydroxylation sites is 7. The van der Waals surface area contributed by atoms with Crippen LogP contribution in [-0.2, 0) is 5.41 Å². The van der Waals surface area contributed by atoms with Crippen molar-refractivity contribution in [3.8, 4) is 102 Å². The minimum atomic E-state index is -0.239. The highest BCUT2D eigenvalue weighted by molar-refractivity contribution is 6.17. The van der Waals surface area contributed by atoms with Crippen molar-refractivity contribution in [1.29, 1.82) is 10.5 Å². The van der Waals surface area contributed by atoms with Gasteiger partial charge in [0.1, 0.15) is 11.7 Å². The van der Waals surface area contributed by atoms with Crippen molar-refractivity contribution in [2.24, 2.45) is 0 Å². The molecule has 0 aliphatic heterocycles. The second-order valence-corrected chi connectivity index (χ2v) is 29.3. The third-order valence-corrected chi connectivity index (χ3v) is 23.2. The van der Waals surface area contributed by atoms with Crippen LogP contribution in [0.5, 0.6) is 0 Å². The number of nitriles is 2. The zero-order valence-electron chi connectivity index (χ0n) is 58.9. The van der Waals surface area contributed by atoms with Crippen molar-refractivity contribution in [1.82, 2.24) is 18.3 Å². The van der Waals surface area contributed by atoms with Crippen LogP contribution in [0.1, 0.15) is 36.1 Å². The summed E-state index contributed by atoms with van der Waals surface area (Å²) in [5.74, 6) is 0. The number of rotatable bonds is 9. The molecule has 0 saturated heterocycles. The van der Waals surface area contributed by atoms with Gasteiger partial charge >= 0.3 is 0 Å². The maximum atomic E-state index is 10.0. The monoisotopic (exact) mass is 1370 g/mol. The molecule has 1 aliphatic rings. The first-order valence-electron chi connectivity index (χ1n) is 36.8. The van der Waals surface area contributed by atoms with Gasteiger partial charge in [-0.05, 0) is 218 Å². The van der Waals surface area contributed by atoms with Crippen LogP contribution in [-0.4, -0.2) is 18.3 Å². The van der Waals surface area contributed by atoms with Crippen molar-refractivity contribution >= 4 is 109 Å². The predicted octanol–water partition coefficient (Wildman–Crippen LogP) is 26.4. The van der Waals surface area contributed by atoms with E-state index in [1.807, 2.05) is 42.5 Å². The van der Waals surface area contributed by atoms with Crippen molar-refractivity contribution in [3.05, 3.63) is 362 Å². The van der Waals surface area contributed by atoms with Gasteiger partial charge in [-0.3, -0.25) is 0 Å². The standard InChI is InChI=1S/C101H62N6O/c1-101(2)88-45-36-63(52-82(88)74-44-35-69(58-89(74)101)68-40-49-97-87(57-68)86-56-67(39-48-96(86)104(97)71-19-4-3-5-20-71)65-37-46-94-83(53-65)76-23-7-10-29-90(76)105(94)72-42-33-61(59-102)34-43-72)62-17-14-21-73(51-62)106-91-30-11-8-24-77(91)84-54-64(38-47-95(84)106)66-41-50-98-85(55-66)78-25-9-13-32-93(78)107(98)92-31-12-6-22-75(92)79-27-16-28-81-80-26-15-18-70(60-103)99(80)108-100(79)81/h3-58H,1-2H3. The Balaban J connectivity index is 0.596. The second-order valence-electron chi connectivity index (χ2n) is 29.3. The van der Waals surface area contributed by atoms with E-state index in [0.717, 1.165) is 122 Å². The van der Waals surface area contributed by atoms with Gasteiger partial charge in [-0.2, -0.15) is 10.5 Å². The molecule has 21 aromatic rings. The smallest absolute Gasteiger partial charge is 0.153 e. The highest BCUT2D eigenvalue weighted by atomic mass is 16.3. The van der Waals surface area contributed by atoms with E-state index in [0.29, 0.717) is 16.7 Å². The van der Waals surface area contributed by atoms with Gasteiger partial charge in [0.2, 0.25) is 0 Å². The SMILES string of the molecule is CC1(C)c2ccc(-c3cccc(-n4c5ccccc5c5cc(-c6ccc7c(c6)c6ccccc6n7-c6ccccc6-c6cccc7c6oc6c(C#N)cccc67)ccc54)c3)cc2-c2ccc(-c3ccc4c(c3)c3cc(-c5ccc6c(c5)c5ccccc5n6-c5ccc(C#N)cc5)ccc3n4-c3ccccc3)cc21. The summed E-state index contributed by atoms with van der Waals surface area (Å²) in [6.45, 7) is 4.77. The van der Waals surface area contributed by atoms with Crippen molar-refractivity contribution in [2.75, 3.05) is 0 Å². The molecule has 0 spiro atoms. The summed E-state index contributed by atoms with van der Waals surface area (Å²) < 4.78 is 16.2. The molecule has 0 bridgehead atoms. The van der Waals surface area contributed by atoms with Gasteiger partial charge in [0.05, 0.1) is 67.0 Å². The van der Waals surface area contributed by atoms with E-state index in [-0.39, 0.29) is 5.41 Å². The number of fused-ring (bicyclic) bond motifs is 18. The highest BCUT2D eigenvalue weighted by Gasteiger charge is 2.36. The van der Waals surface area contributed by atoms with Crippen LogP contribution in [0, 0.1) is 22.7 Å². The molecule has 16 aromatic carbocycles. The first-order valence-corrected chi connectivity index (χ1v) is 36.8. The number of furan rings is 1. The van der Waals surface area contributed by atoms with Gasteiger partial charge in [0.15, 0.2) is 5.58 Å². The molecule has 5 heterocycles. The Hall–Kier alpha value is -14.5. The van der Waals surface area contributed by atoms with Gasteiger partial charge in [-0.1, -0.05) is 202 Å². The molecule has 7 heteroatoms. The molecular weight excluding hydrogens is 1310 g/mol. The Morgan fingerprint density at radius 1 is 0.250 bits per heavy atom. The zero-order valence-corrected chi connectivity index (χ0v) is 58.9. The van der Waals surface area contributed by atoms with Crippen molar-refractivity contribution < 1.29 is 4.42 Å². The molecule has 502 valence electrons. The molecule has 0 atom stereocenters. The van der Waals surface area contributed by atoms with Gasteiger partial charge in [-0.15, -0.1) is 0 Å². The van der Waals surface area contributed by atoms with E-state index >= 15 is 0 Å². The average molecular weight is 1380 g/mol. The molecule has 5 aromatic heterocycles. The van der Waals surface area contributed by atoms with E-state index in [1.54, 1.807) is 0 Å². The summed E-state index contributed by atoms with van der Waals surface area (Å²) in [4.78, 5) is 0. The Morgan fingerprint density at radius 3 is 1.24 bits per heavy atom. The second kappa shape index (κ2) is 23.3. The van der Waals surface area contributed by atoms with Crippen LogP contribution in [0.4, 0.5) is 0 Å². The van der Waals surface area contributed by atoms with Gasteiger partial charge in [-0.25, -0.2) is 0 Å². The van der Waals surface area contributed by atoms with Crippen molar-refractivity contribution in [2.45, 2.75) is 19.3 Å². The van der Waals surface area contributed by atoms with E-state index in [1.165, 1.54) is 82.0 Å². The topological polar surface area (TPSA) is 80.4 Å². The van der Waals surface area contributed by atoms with Crippen LogP contribution in [0.2, 0.25) is 0 Å². The molecule has 0 radical (unpaired) electrons. The largest absolute Gasteiger partial charge is 0.454 e. The Labute approximate surface area is 621 Å². The van der Waals surface area contributed by atoms with E-state index in [4.69, 9.17) is 4.42 Å². The van der Waals surface area contributed by atoms with Crippen LogP contribution in [0.15, 0.2) is 344 Å². The Kier molecular flexibility index (Phi) is 13.1. The lowest BCUT2D eigenvalue weighted by molar-refractivity contribution is 0.660. The molecule has 0 amide bonds. The zero-order chi connectivity index (χ0) is 71.6. The van der Waals surface area contributed by atoms with E-state index < -0.39 is 0 Å². The van der Waals surface area contributed by atoms with E-state index in [2.05, 4.69) is 342 Å². The Morgan fingerprint density at radius 2 is 0.657 bits per heavy atom. The first-order chi connectivity index (χ1) is 53.2. The summed E-state index contributed by atoms with van der Waals surface area (Å²) in [5, 5.41) is 31.1. The summed E-state index contributed by atoms with van der Waals surface area (Å²) in [6, 6.07) is 128. The number of hydrogen-bond acceptors (Lipinski definition) is 3. The van der Waals surface area contributed by atoms with Gasteiger partial charge in [0, 0.05) is 87.5 Å². The Bertz CT molecular complexity index is 7540. The van der Waals surface area contributed by atoms with Crippen LogP contribution in [0.3, 0.4) is 0 Å². The molecule has 1 aliphatic carbocycles. The first kappa shape index (κ1) is 61.0. The fourth-order valence-corrected chi connectivity index (χ4v) is 18.1. The molecule has 0 fully saturated rings. The minimum absolute atomic E-state index is 0.239. The fourth-order valence-electron chi connectivity index (χ4n) is 18.1. The van der Waals surface area contributed by atoms with Crippen molar-refractivity contribution in [3.63, 3.8) is 0 Å². The summed E-state index contributed by atoms with van der Waals surface area (Å²) in [7, 11) is 0. The number of nitrogens with zero attached hydrogens (tertiary/aromatic N) is 6. The van der Waals surface area contributed by atoms with Gasteiger partial charge < -0.3 is 22.7 Å². The summed E-state index contributed by atoms with van der Waals surface area (Å²) >= 11 is 0. The number of hydrogen-bond donors (Lipinski definition) is 0. The lowest BCUT2D eigenvalue weighted by Gasteiger charge is -2.22. The maximum Gasteiger partial charge on any atom is 0.153 e. The summed E-state index contributed by atoms with van der Waals surface area (Å²) in [6.07, 6.45) is 0. The molecule has 7 nitrogen and oxygen atoms in total. The molecule has 0 unspecified atom stereocenters. The lowest BCUT2D eigenvalue weighted by Crippen LogP contribution is -2.15. The highest BCUT2D eigenvalue weighted by Crippen LogP contribution is 2.52. The molecule has 108 heavy (non-hydrogen) atoms. The van der Waals surface area contributed by atoms with Gasteiger partial charge in [0.25, 0.3) is 0 Å². The minimum Gasteiger partial charge on any atom is -0.454 e. The van der Waals surface area contributed by atoms with E-state index in [9.17, 15) is 10.5 Å². The molecule has 0 N–H and O–H groups in total. The number of aromatic nitrogens is 4. The normalized spacial score (nSPS) is 12.6. The average Bonchev–Trinajstić information content (AvgIpc) is 1.58. The van der Waals surface area contributed by atoms with Crippen LogP contribution in [0.25, 0.3) is 199 Å². The maximum absolute atomic E-state index is 10.0. The number of benzene rings is 16. The quantitative estimate of drug-likeness (QED) is 0.144. The summed E-state index contributed by atoms with van der Waals surface area (Å²) in [5.41, 5.74) is 32.3. The predicted molar refractivity (Wildman–Crippen MR) is 445 cm³/mol. The third kappa shape index (κ3) is 9.00.